The van der Waals surface area contributed by atoms with Crippen molar-refractivity contribution in [2.45, 2.75) is 59.5 Å². The first-order chi connectivity index (χ1) is 11.0. The standard InChI is InChI=1S/C21H33N2/c1-5-13-22-14-10-17-8-6-7-9-19(17)20(22)23-15-11-18(12-16-23)21(2,3)4/h7-9,18,20H,5,10-16H2,1-4H3. The fourth-order valence-corrected chi connectivity index (χ4v) is 4.49. The van der Waals surface area contributed by atoms with Crippen LogP contribution in [0.5, 0.6) is 0 Å². The molecule has 1 saturated heterocycles. The molecule has 0 saturated carbocycles. The minimum Gasteiger partial charge on any atom is -0.284 e. The van der Waals surface area contributed by atoms with Crippen LogP contribution < -0.4 is 0 Å². The van der Waals surface area contributed by atoms with E-state index in [2.05, 4.69) is 61.8 Å². The predicted octanol–water partition coefficient (Wildman–Crippen LogP) is 4.51. The van der Waals surface area contributed by atoms with Crippen molar-refractivity contribution in [3.8, 4) is 0 Å². The van der Waals surface area contributed by atoms with Gasteiger partial charge in [-0.3, -0.25) is 9.80 Å². The summed E-state index contributed by atoms with van der Waals surface area (Å²) in [5.74, 6) is 0.866. The number of fused-ring (bicyclic) bond motifs is 1. The molecule has 2 heterocycles. The van der Waals surface area contributed by atoms with Crippen molar-refractivity contribution < 1.29 is 0 Å². The first-order valence-corrected chi connectivity index (χ1v) is 9.47. The molecule has 2 nitrogen and oxygen atoms in total. The van der Waals surface area contributed by atoms with Crippen LogP contribution in [0, 0.1) is 17.4 Å². The van der Waals surface area contributed by atoms with E-state index < -0.39 is 0 Å². The summed E-state index contributed by atoms with van der Waals surface area (Å²) in [6, 6.07) is 9.91. The van der Waals surface area contributed by atoms with Crippen molar-refractivity contribution in [3.63, 3.8) is 0 Å². The van der Waals surface area contributed by atoms with Gasteiger partial charge in [-0.05, 0) is 60.8 Å². The number of piperidine rings is 1. The highest BCUT2D eigenvalue weighted by molar-refractivity contribution is 5.32. The van der Waals surface area contributed by atoms with E-state index in [0.717, 1.165) is 5.92 Å². The number of hydrogen-bond donors (Lipinski definition) is 0. The van der Waals surface area contributed by atoms with E-state index in [1.54, 1.807) is 0 Å². The van der Waals surface area contributed by atoms with Crippen LogP contribution in [-0.2, 0) is 6.42 Å². The Morgan fingerprint density at radius 1 is 1.17 bits per heavy atom. The Morgan fingerprint density at radius 3 is 2.57 bits per heavy atom. The number of benzene rings is 1. The van der Waals surface area contributed by atoms with Gasteiger partial charge in [0.2, 0.25) is 0 Å². The third kappa shape index (κ3) is 3.64. The maximum absolute atomic E-state index is 3.28. The van der Waals surface area contributed by atoms with E-state index in [1.807, 2.05) is 0 Å². The second-order valence-corrected chi connectivity index (χ2v) is 8.46. The van der Waals surface area contributed by atoms with Gasteiger partial charge in [0, 0.05) is 19.6 Å². The summed E-state index contributed by atoms with van der Waals surface area (Å²) in [5, 5.41) is 0. The number of likely N-dealkylation sites (tertiary alicyclic amines) is 1. The highest BCUT2D eigenvalue weighted by Gasteiger charge is 2.36. The van der Waals surface area contributed by atoms with Crippen molar-refractivity contribution in [2.24, 2.45) is 11.3 Å². The van der Waals surface area contributed by atoms with Gasteiger partial charge in [-0.15, -0.1) is 0 Å². The molecule has 0 bridgehead atoms. The summed E-state index contributed by atoms with van der Waals surface area (Å²) >= 11 is 0. The second kappa shape index (κ2) is 6.94. The van der Waals surface area contributed by atoms with Crippen LogP contribution >= 0.6 is 0 Å². The average molecular weight is 314 g/mol. The van der Waals surface area contributed by atoms with Crippen LogP contribution in [-0.4, -0.2) is 36.0 Å². The van der Waals surface area contributed by atoms with Gasteiger partial charge in [-0.1, -0.05) is 45.9 Å². The zero-order valence-corrected chi connectivity index (χ0v) is 15.4. The summed E-state index contributed by atoms with van der Waals surface area (Å²) in [4.78, 5) is 5.45. The first-order valence-electron chi connectivity index (χ1n) is 9.47. The van der Waals surface area contributed by atoms with E-state index in [4.69, 9.17) is 0 Å². The summed E-state index contributed by atoms with van der Waals surface area (Å²) in [7, 11) is 0. The van der Waals surface area contributed by atoms with Gasteiger partial charge < -0.3 is 0 Å². The van der Waals surface area contributed by atoms with E-state index in [9.17, 15) is 0 Å². The lowest BCUT2D eigenvalue weighted by atomic mass is 9.75. The lowest BCUT2D eigenvalue weighted by Gasteiger charge is -2.47. The van der Waals surface area contributed by atoms with Crippen LogP contribution in [0.2, 0.25) is 0 Å². The quantitative estimate of drug-likeness (QED) is 0.810. The molecule has 23 heavy (non-hydrogen) atoms. The van der Waals surface area contributed by atoms with Crippen molar-refractivity contribution >= 4 is 0 Å². The highest BCUT2D eigenvalue weighted by atomic mass is 15.4. The van der Waals surface area contributed by atoms with Gasteiger partial charge in [0.05, 0.1) is 6.17 Å². The molecule has 3 rings (SSSR count). The lowest BCUT2D eigenvalue weighted by molar-refractivity contribution is -0.00417. The maximum atomic E-state index is 3.28. The predicted molar refractivity (Wildman–Crippen MR) is 97.3 cm³/mol. The van der Waals surface area contributed by atoms with Crippen molar-refractivity contribution in [1.29, 1.82) is 0 Å². The normalized spacial score (nSPS) is 24.6. The fourth-order valence-electron chi connectivity index (χ4n) is 4.49. The topological polar surface area (TPSA) is 6.48 Å². The Bertz CT molecular complexity index is 509. The number of nitrogens with zero attached hydrogens (tertiary/aromatic N) is 2. The largest absolute Gasteiger partial charge is 0.284 e. The molecule has 127 valence electrons. The molecule has 0 aliphatic carbocycles. The molecular formula is C21H33N2. The zero-order chi connectivity index (χ0) is 16.4. The van der Waals surface area contributed by atoms with Crippen LogP contribution in [0.25, 0.3) is 0 Å². The maximum Gasteiger partial charge on any atom is 0.0889 e. The Labute approximate surface area is 142 Å². The van der Waals surface area contributed by atoms with Gasteiger partial charge in [-0.25, -0.2) is 0 Å². The molecule has 1 aromatic rings. The van der Waals surface area contributed by atoms with E-state index >= 15 is 0 Å². The lowest BCUT2D eigenvalue weighted by Crippen LogP contribution is -2.49. The van der Waals surface area contributed by atoms with E-state index in [-0.39, 0.29) is 0 Å². The van der Waals surface area contributed by atoms with Gasteiger partial charge in [-0.2, -0.15) is 0 Å². The molecule has 0 aromatic heterocycles. The second-order valence-electron chi connectivity index (χ2n) is 8.46. The van der Waals surface area contributed by atoms with Crippen molar-refractivity contribution in [2.75, 3.05) is 26.2 Å². The minimum absolute atomic E-state index is 0.453. The Kier molecular flexibility index (Phi) is 5.13. The van der Waals surface area contributed by atoms with Crippen LogP contribution in [0.4, 0.5) is 0 Å². The highest BCUT2D eigenvalue weighted by Crippen LogP contribution is 2.39. The van der Waals surface area contributed by atoms with Crippen molar-refractivity contribution in [3.05, 3.63) is 35.4 Å². The number of rotatable bonds is 3. The Morgan fingerprint density at radius 2 is 1.91 bits per heavy atom. The molecule has 1 atom stereocenters. The molecular weight excluding hydrogens is 280 g/mol. The molecule has 2 aliphatic heterocycles. The summed E-state index contributed by atoms with van der Waals surface area (Å²) < 4.78 is 0. The third-order valence-corrected chi connectivity index (χ3v) is 5.89. The monoisotopic (exact) mass is 313 g/mol. The SMILES string of the molecule is CCCN1CCc2c[c]ccc2C1N1CCC(C(C)(C)C)CC1. The molecule has 1 fully saturated rings. The summed E-state index contributed by atoms with van der Waals surface area (Å²) in [6.07, 6.45) is 5.60. The molecule has 0 amide bonds. The fraction of sp³-hybridized carbons (Fsp3) is 0.714. The molecule has 1 unspecified atom stereocenters. The van der Waals surface area contributed by atoms with Crippen LogP contribution in [0.3, 0.4) is 0 Å². The van der Waals surface area contributed by atoms with Crippen molar-refractivity contribution in [1.82, 2.24) is 9.80 Å². The summed E-state index contributed by atoms with van der Waals surface area (Å²) in [6.45, 7) is 14.4. The van der Waals surface area contributed by atoms with Gasteiger partial charge >= 0.3 is 0 Å². The molecule has 1 aromatic carbocycles. The zero-order valence-electron chi connectivity index (χ0n) is 15.4. The van der Waals surface area contributed by atoms with Gasteiger partial charge in [0.15, 0.2) is 0 Å². The van der Waals surface area contributed by atoms with E-state index in [1.165, 1.54) is 63.0 Å². The molecule has 0 spiro atoms. The Balaban J connectivity index is 1.79. The molecule has 2 heteroatoms. The molecule has 0 N–H and O–H groups in total. The minimum atomic E-state index is 0.453. The van der Waals surface area contributed by atoms with Crippen LogP contribution in [0.1, 0.15) is 64.3 Å². The smallest absolute Gasteiger partial charge is 0.0889 e. The molecule has 1 radical (unpaired) electrons. The number of hydrogen-bond acceptors (Lipinski definition) is 2. The van der Waals surface area contributed by atoms with Gasteiger partial charge in [0.1, 0.15) is 0 Å². The van der Waals surface area contributed by atoms with E-state index in [0.29, 0.717) is 11.6 Å². The third-order valence-electron chi connectivity index (χ3n) is 5.89. The summed E-state index contributed by atoms with van der Waals surface area (Å²) in [5.41, 5.74) is 3.51. The van der Waals surface area contributed by atoms with Gasteiger partial charge in [0.25, 0.3) is 0 Å². The molecule has 2 aliphatic rings. The van der Waals surface area contributed by atoms with Crippen LogP contribution in [0.15, 0.2) is 18.2 Å². The Hall–Kier alpha value is -0.860. The first kappa shape index (κ1) is 17.0. The average Bonchev–Trinajstić information content (AvgIpc) is 2.54.